The molecule has 0 saturated carbocycles. The van der Waals surface area contributed by atoms with E-state index in [0.717, 1.165) is 20.9 Å². The van der Waals surface area contributed by atoms with E-state index < -0.39 is 5.97 Å². The topological polar surface area (TPSA) is 71.5 Å². The Kier molecular flexibility index (Phi) is 4.11. The highest BCUT2D eigenvalue weighted by Gasteiger charge is 2.06. The summed E-state index contributed by atoms with van der Waals surface area (Å²) in [6.45, 7) is 1.33. The summed E-state index contributed by atoms with van der Waals surface area (Å²) in [6.07, 6.45) is 0.0419. The molecule has 0 aliphatic carbocycles. The molecule has 1 heterocycles. The zero-order chi connectivity index (χ0) is 13.0. The molecule has 6 heteroatoms. The number of carbonyl (C=O) groups is 1. The Bertz CT molecular complexity index is 553. The number of aromatic nitrogens is 1. The number of fused-ring (bicyclic) bond motifs is 1. The molecule has 2 rings (SSSR count). The van der Waals surface area contributed by atoms with Gasteiger partial charge in [-0.1, -0.05) is 17.4 Å². The first kappa shape index (κ1) is 12.8. The van der Waals surface area contributed by atoms with Crippen LogP contribution >= 0.6 is 11.3 Å². The Hall–Kier alpha value is -1.66. The SMILES string of the molecule is COCCNc1nc2ccc(CC(=O)O)cc2s1. The summed E-state index contributed by atoms with van der Waals surface area (Å²) in [5.41, 5.74) is 1.68. The number of methoxy groups -OCH3 is 1. The van der Waals surface area contributed by atoms with Gasteiger partial charge in [-0.25, -0.2) is 4.98 Å². The van der Waals surface area contributed by atoms with Crippen LogP contribution in [-0.2, 0) is 16.0 Å². The molecule has 18 heavy (non-hydrogen) atoms. The molecule has 0 aliphatic heterocycles. The van der Waals surface area contributed by atoms with Gasteiger partial charge in [0.1, 0.15) is 0 Å². The van der Waals surface area contributed by atoms with Crippen LogP contribution in [0, 0.1) is 0 Å². The van der Waals surface area contributed by atoms with Crippen LogP contribution in [0.4, 0.5) is 5.13 Å². The lowest BCUT2D eigenvalue weighted by Crippen LogP contribution is -2.06. The van der Waals surface area contributed by atoms with E-state index >= 15 is 0 Å². The molecule has 2 aromatic rings. The van der Waals surface area contributed by atoms with Crippen molar-refractivity contribution in [1.82, 2.24) is 4.98 Å². The van der Waals surface area contributed by atoms with Gasteiger partial charge in [0.15, 0.2) is 5.13 Å². The van der Waals surface area contributed by atoms with Crippen LogP contribution in [0.3, 0.4) is 0 Å². The molecule has 96 valence electrons. The van der Waals surface area contributed by atoms with Gasteiger partial charge < -0.3 is 15.2 Å². The molecule has 5 nitrogen and oxygen atoms in total. The largest absolute Gasteiger partial charge is 0.481 e. The molecule has 2 N–H and O–H groups in total. The average molecular weight is 266 g/mol. The van der Waals surface area contributed by atoms with Gasteiger partial charge in [-0.2, -0.15) is 0 Å². The number of thiazole rings is 1. The van der Waals surface area contributed by atoms with Crippen molar-refractivity contribution < 1.29 is 14.6 Å². The normalized spacial score (nSPS) is 10.7. The molecule has 0 saturated heterocycles. The fourth-order valence-electron chi connectivity index (χ4n) is 1.59. The Labute approximate surface area is 108 Å². The maximum Gasteiger partial charge on any atom is 0.307 e. The van der Waals surface area contributed by atoms with Crippen LogP contribution in [-0.4, -0.2) is 36.3 Å². The molecule has 0 bridgehead atoms. The van der Waals surface area contributed by atoms with E-state index in [2.05, 4.69) is 10.3 Å². The van der Waals surface area contributed by atoms with Crippen LogP contribution in [0.2, 0.25) is 0 Å². The minimum atomic E-state index is -0.822. The molecule has 0 unspecified atom stereocenters. The summed E-state index contributed by atoms with van der Waals surface area (Å²) in [5.74, 6) is -0.822. The molecule has 0 radical (unpaired) electrons. The number of aliphatic carboxylic acids is 1. The van der Waals surface area contributed by atoms with Crippen molar-refractivity contribution in [2.45, 2.75) is 6.42 Å². The second kappa shape index (κ2) is 5.79. The minimum Gasteiger partial charge on any atom is -0.481 e. The average Bonchev–Trinajstić information content (AvgIpc) is 2.70. The molecule has 1 aromatic carbocycles. The van der Waals surface area contributed by atoms with E-state index in [1.165, 1.54) is 11.3 Å². The lowest BCUT2D eigenvalue weighted by atomic mass is 10.1. The smallest absolute Gasteiger partial charge is 0.307 e. The van der Waals surface area contributed by atoms with Gasteiger partial charge in [-0.05, 0) is 17.7 Å². The summed E-state index contributed by atoms with van der Waals surface area (Å²) in [7, 11) is 1.65. The Morgan fingerprint density at radius 1 is 1.56 bits per heavy atom. The van der Waals surface area contributed by atoms with Crippen LogP contribution in [0.25, 0.3) is 10.2 Å². The maximum atomic E-state index is 10.6. The summed E-state index contributed by atoms with van der Waals surface area (Å²) in [5, 5.41) is 12.7. The number of anilines is 1. The number of carboxylic acids is 1. The number of nitrogens with one attached hydrogen (secondary N) is 1. The standard InChI is InChI=1S/C12H14N2O3S/c1-17-5-4-13-12-14-9-3-2-8(7-11(15)16)6-10(9)18-12/h2-3,6H,4-5,7H2,1H3,(H,13,14)(H,15,16). The van der Waals surface area contributed by atoms with Crippen molar-refractivity contribution in [3.63, 3.8) is 0 Å². The number of nitrogens with zero attached hydrogens (tertiary/aromatic N) is 1. The predicted octanol–water partition coefficient (Wildman–Crippen LogP) is 1.98. The molecule has 0 spiro atoms. The molecule has 1 aromatic heterocycles. The van der Waals surface area contributed by atoms with Gasteiger partial charge in [-0.15, -0.1) is 0 Å². The van der Waals surface area contributed by atoms with Crippen LogP contribution < -0.4 is 5.32 Å². The van der Waals surface area contributed by atoms with Crippen molar-refractivity contribution >= 4 is 32.7 Å². The van der Waals surface area contributed by atoms with Crippen LogP contribution in [0.15, 0.2) is 18.2 Å². The Morgan fingerprint density at radius 3 is 3.11 bits per heavy atom. The van der Waals surface area contributed by atoms with E-state index in [-0.39, 0.29) is 6.42 Å². The first-order valence-corrected chi connectivity index (χ1v) is 6.35. The third kappa shape index (κ3) is 3.18. The Morgan fingerprint density at radius 2 is 2.39 bits per heavy atom. The quantitative estimate of drug-likeness (QED) is 0.782. The number of rotatable bonds is 6. The first-order valence-electron chi connectivity index (χ1n) is 5.53. The van der Waals surface area contributed by atoms with E-state index in [0.29, 0.717) is 13.2 Å². The molecule has 0 atom stereocenters. The third-order valence-corrected chi connectivity index (χ3v) is 3.37. The second-order valence-corrected chi connectivity index (χ2v) is 4.84. The van der Waals surface area contributed by atoms with Crippen LogP contribution in [0.1, 0.15) is 5.56 Å². The number of ether oxygens (including phenoxy) is 1. The van der Waals surface area contributed by atoms with E-state index in [4.69, 9.17) is 9.84 Å². The summed E-state index contributed by atoms with van der Waals surface area (Å²) in [6, 6.07) is 5.53. The highest BCUT2D eigenvalue weighted by molar-refractivity contribution is 7.22. The van der Waals surface area contributed by atoms with Crippen molar-refractivity contribution in [3.05, 3.63) is 23.8 Å². The zero-order valence-electron chi connectivity index (χ0n) is 9.97. The van der Waals surface area contributed by atoms with Crippen molar-refractivity contribution in [1.29, 1.82) is 0 Å². The van der Waals surface area contributed by atoms with E-state index in [9.17, 15) is 4.79 Å². The number of hydrogen-bond donors (Lipinski definition) is 2. The molecular formula is C12H14N2O3S. The molecule has 0 amide bonds. The highest BCUT2D eigenvalue weighted by Crippen LogP contribution is 2.26. The fourth-order valence-corrected chi connectivity index (χ4v) is 2.54. The van der Waals surface area contributed by atoms with Gasteiger partial charge in [0.2, 0.25) is 0 Å². The molecular weight excluding hydrogens is 252 g/mol. The Balaban J connectivity index is 2.14. The van der Waals surface area contributed by atoms with Gasteiger partial charge in [0.05, 0.1) is 23.2 Å². The number of carboxylic acid groups (broad SMARTS) is 1. The minimum absolute atomic E-state index is 0.0419. The highest BCUT2D eigenvalue weighted by atomic mass is 32.1. The predicted molar refractivity (Wildman–Crippen MR) is 71.3 cm³/mol. The first-order chi connectivity index (χ1) is 8.69. The lowest BCUT2D eigenvalue weighted by molar-refractivity contribution is -0.136. The van der Waals surface area contributed by atoms with Gasteiger partial charge in [-0.3, -0.25) is 4.79 Å². The third-order valence-electron chi connectivity index (χ3n) is 2.39. The number of hydrogen-bond acceptors (Lipinski definition) is 5. The van der Waals surface area contributed by atoms with Crippen molar-refractivity contribution in [2.75, 3.05) is 25.6 Å². The molecule has 0 aliphatic rings. The van der Waals surface area contributed by atoms with Gasteiger partial charge >= 0.3 is 5.97 Å². The van der Waals surface area contributed by atoms with Crippen LogP contribution in [0.5, 0.6) is 0 Å². The fraction of sp³-hybridized carbons (Fsp3) is 0.333. The second-order valence-electron chi connectivity index (χ2n) is 3.81. The maximum absolute atomic E-state index is 10.6. The number of benzene rings is 1. The van der Waals surface area contributed by atoms with E-state index in [1.807, 2.05) is 12.1 Å². The van der Waals surface area contributed by atoms with Gasteiger partial charge in [0.25, 0.3) is 0 Å². The lowest BCUT2D eigenvalue weighted by Gasteiger charge is -1.99. The summed E-state index contributed by atoms with van der Waals surface area (Å²) >= 11 is 1.52. The van der Waals surface area contributed by atoms with E-state index in [1.54, 1.807) is 13.2 Å². The van der Waals surface area contributed by atoms with Crippen molar-refractivity contribution in [3.8, 4) is 0 Å². The summed E-state index contributed by atoms with van der Waals surface area (Å²) < 4.78 is 5.94. The summed E-state index contributed by atoms with van der Waals surface area (Å²) in [4.78, 5) is 15.1. The zero-order valence-corrected chi connectivity index (χ0v) is 10.8. The van der Waals surface area contributed by atoms with Gasteiger partial charge in [0, 0.05) is 13.7 Å². The molecule has 0 fully saturated rings. The van der Waals surface area contributed by atoms with Crippen molar-refractivity contribution in [2.24, 2.45) is 0 Å². The monoisotopic (exact) mass is 266 g/mol.